The van der Waals surface area contributed by atoms with Crippen molar-refractivity contribution in [3.8, 4) is 5.75 Å². The van der Waals surface area contributed by atoms with Crippen LogP contribution >= 0.6 is 0 Å². The van der Waals surface area contributed by atoms with Gasteiger partial charge in [-0.05, 0) is 37.6 Å². The van der Waals surface area contributed by atoms with Crippen molar-refractivity contribution in [2.75, 3.05) is 13.7 Å². The third kappa shape index (κ3) is 3.02. The second-order valence-electron chi connectivity index (χ2n) is 6.19. The van der Waals surface area contributed by atoms with Crippen LogP contribution in [0.2, 0.25) is 0 Å². The second kappa shape index (κ2) is 6.33. The Morgan fingerprint density at radius 3 is 3.12 bits per heavy atom. The largest absolute Gasteiger partial charge is 0.490 e. The molecule has 3 heterocycles. The van der Waals surface area contributed by atoms with E-state index in [4.69, 9.17) is 9.15 Å². The van der Waals surface area contributed by atoms with E-state index >= 15 is 0 Å². The maximum Gasteiger partial charge on any atom is 0.227 e. The number of imidazole rings is 1. The Hall–Kier alpha value is -2.67. The lowest BCUT2D eigenvalue weighted by atomic mass is 10.2. The molecule has 6 nitrogen and oxygen atoms in total. The molecule has 3 aromatic rings. The molecule has 1 aliphatic rings. The number of benzene rings is 1. The topological polar surface area (TPSA) is 71.4 Å². The van der Waals surface area contributed by atoms with Gasteiger partial charge < -0.3 is 14.1 Å². The van der Waals surface area contributed by atoms with Crippen LogP contribution in [0.3, 0.4) is 0 Å². The molecule has 2 aromatic heterocycles. The van der Waals surface area contributed by atoms with Gasteiger partial charge in [-0.1, -0.05) is 0 Å². The van der Waals surface area contributed by atoms with E-state index in [1.807, 2.05) is 0 Å². The molecule has 0 radical (unpaired) electrons. The van der Waals surface area contributed by atoms with E-state index in [1.165, 1.54) is 31.6 Å². The number of ether oxygens (including phenoxy) is 1. The molecule has 7 heteroatoms. The summed E-state index contributed by atoms with van der Waals surface area (Å²) in [6.45, 7) is 1.39. The average molecular weight is 343 g/mol. The minimum Gasteiger partial charge on any atom is -0.490 e. The lowest BCUT2D eigenvalue weighted by molar-refractivity contribution is 0.218. The highest BCUT2D eigenvalue weighted by Gasteiger charge is 2.29. The van der Waals surface area contributed by atoms with Gasteiger partial charge >= 0.3 is 0 Å². The molecule has 0 aliphatic carbocycles. The van der Waals surface area contributed by atoms with Gasteiger partial charge in [0, 0.05) is 6.07 Å². The van der Waals surface area contributed by atoms with Crippen molar-refractivity contribution in [3.63, 3.8) is 0 Å². The molecule has 1 atom stereocenters. The van der Waals surface area contributed by atoms with Gasteiger partial charge in [0.15, 0.2) is 0 Å². The van der Waals surface area contributed by atoms with E-state index in [1.54, 1.807) is 6.07 Å². The van der Waals surface area contributed by atoms with E-state index in [2.05, 4.69) is 14.9 Å². The molecule has 0 unspecified atom stereocenters. The van der Waals surface area contributed by atoms with Crippen LogP contribution in [-0.4, -0.2) is 28.5 Å². The number of likely N-dealkylation sites (tertiary alicyclic amines) is 1. The van der Waals surface area contributed by atoms with Crippen molar-refractivity contribution < 1.29 is 13.5 Å². The normalized spacial score (nSPS) is 18.1. The van der Waals surface area contributed by atoms with Crippen LogP contribution in [0.15, 0.2) is 39.7 Å². The summed E-state index contributed by atoms with van der Waals surface area (Å²) in [5.41, 5.74) is 1.25. The highest BCUT2D eigenvalue weighted by atomic mass is 19.1. The molecule has 4 rings (SSSR count). The number of nitrogens with zero attached hydrogens (tertiary/aromatic N) is 2. The van der Waals surface area contributed by atoms with Crippen molar-refractivity contribution >= 4 is 11.0 Å². The summed E-state index contributed by atoms with van der Waals surface area (Å²) in [7, 11) is 1.44. The molecule has 1 aromatic carbocycles. The third-order valence-electron chi connectivity index (χ3n) is 4.57. The molecule has 0 spiro atoms. The molecule has 1 fully saturated rings. The number of methoxy groups -OCH3 is 1. The summed E-state index contributed by atoms with van der Waals surface area (Å²) in [4.78, 5) is 21.9. The Bertz CT molecular complexity index is 966. The fourth-order valence-corrected chi connectivity index (χ4v) is 3.35. The molecule has 0 amide bonds. The van der Waals surface area contributed by atoms with Crippen LogP contribution < -0.4 is 10.2 Å². The number of hydrogen-bond acceptors (Lipinski definition) is 5. The fraction of sp³-hybridized carbons (Fsp3) is 0.333. The Morgan fingerprint density at radius 2 is 2.32 bits per heavy atom. The lowest BCUT2D eigenvalue weighted by Gasteiger charge is -2.22. The first-order valence-electron chi connectivity index (χ1n) is 8.19. The van der Waals surface area contributed by atoms with Crippen molar-refractivity contribution in [2.45, 2.75) is 25.4 Å². The number of rotatable bonds is 4. The molecule has 1 saturated heterocycles. The van der Waals surface area contributed by atoms with E-state index in [0.29, 0.717) is 17.8 Å². The Kier molecular flexibility index (Phi) is 4.01. The first kappa shape index (κ1) is 15.8. The number of hydrogen-bond donors (Lipinski definition) is 1. The quantitative estimate of drug-likeness (QED) is 0.788. The summed E-state index contributed by atoms with van der Waals surface area (Å²) in [6, 6.07) is 6.08. The second-order valence-corrected chi connectivity index (χ2v) is 6.19. The first-order chi connectivity index (χ1) is 12.1. The van der Waals surface area contributed by atoms with Crippen LogP contribution in [-0.2, 0) is 6.54 Å². The van der Waals surface area contributed by atoms with Gasteiger partial charge in [0.2, 0.25) is 11.2 Å². The lowest BCUT2D eigenvalue weighted by Crippen LogP contribution is -2.24. The van der Waals surface area contributed by atoms with Gasteiger partial charge in [-0.3, -0.25) is 9.69 Å². The smallest absolute Gasteiger partial charge is 0.227 e. The zero-order valence-corrected chi connectivity index (χ0v) is 13.8. The van der Waals surface area contributed by atoms with E-state index in [-0.39, 0.29) is 23.0 Å². The van der Waals surface area contributed by atoms with Crippen LogP contribution in [0.4, 0.5) is 4.39 Å². The number of fused-ring (bicyclic) bond motifs is 1. The molecular weight excluding hydrogens is 325 g/mol. The van der Waals surface area contributed by atoms with Crippen LogP contribution in [0.25, 0.3) is 11.0 Å². The highest BCUT2D eigenvalue weighted by Crippen LogP contribution is 2.32. The predicted octanol–water partition coefficient (Wildman–Crippen LogP) is 3.00. The Morgan fingerprint density at radius 1 is 1.44 bits per heavy atom. The first-order valence-corrected chi connectivity index (χ1v) is 8.19. The van der Waals surface area contributed by atoms with Crippen molar-refractivity contribution in [2.24, 2.45) is 0 Å². The Labute approximate surface area is 143 Å². The van der Waals surface area contributed by atoms with Gasteiger partial charge in [0.25, 0.3) is 0 Å². The summed E-state index contributed by atoms with van der Waals surface area (Å²) in [6.07, 6.45) is 3.31. The number of halogens is 1. The molecule has 1 aliphatic heterocycles. The zero-order valence-electron chi connectivity index (χ0n) is 13.8. The van der Waals surface area contributed by atoms with Crippen molar-refractivity contribution in [1.29, 1.82) is 0 Å². The minimum absolute atomic E-state index is 0.0860. The monoisotopic (exact) mass is 343 g/mol. The number of aromatic nitrogens is 2. The zero-order chi connectivity index (χ0) is 17.4. The average Bonchev–Trinajstić information content (AvgIpc) is 3.20. The molecule has 0 saturated carbocycles. The standard InChI is InChI=1S/C18H18FN3O3/c1-24-17-10-25-12(8-16(17)23)9-22-6-2-3-15(22)18-20-13-5-4-11(19)7-14(13)21-18/h4-5,7-8,10,15H,2-3,6,9H2,1H3,(H,20,21)/t15-/m0/s1. The summed E-state index contributed by atoms with van der Waals surface area (Å²) >= 11 is 0. The molecule has 25 heavy (non-hydrogen) atoms. The van der Waals surface area contributed by atoms with Gasteiger partial charge in [-0.15, -0.1) is 0 Å². The van der Waals surface area contributed by atoms with E-state index in [0.717, 1.165) is 30.7 Å². The maximum atomic E-state index is 13.4. The molecule has 0 bridgehead atoms. The SMILES string of the molecule is COc1coc(CN2CCC[C@H]2c2nc3ccc(F)cc3[nH]2)cc1=O. The Balaban J connectivity index is 1.59. The minimum atomic E-state index is -0.286. The number of nitrogens with one attached hydrogen (secondary N) is 1. The van der Waals surface area contributed by atoms with Crippen LogP contribution in [0, 0.1) is 5.82 Å². The van der Waals surface area contributed by atoms with Crippen molar-refractivity contribution in [3.05, 3.63) is 58.2 Å². The number of H-pyrrole nitrogens is 1. The van der Waals surface area contributed by atoms with Crippen LogP contribution in [0.1, 0.15) is 30.5 Å². The molecular formula is C18H18FN3O3. The predicted molar refractivity (Wildman–Crippen MR) is 90.0 cm³/mol. The van der Waals surface area contributed by atoms with Crippen molar-refractivity contribution in [1.82, 2.24) is 14.9 Å². The summed E-state index contributed by atoms with van der Waals surface area (Å²) in [5.74, 6) is 1.31. The summed E-state index contributed by atoms with van der Waals surface area (Å²) < 4.78 is 23.8. The van der Waals surface area contributed by atoms with E-state index in [9.17, 15) is 9.18 Å². The van der Waals surface area contributed by atoms with Crippen LogP contribution in [0.5, 0.6) is 5.75 Å². The third-order valence-corrected chi connectivity index (χ3v) is 4.57. The van der Waals surface area contributed by atoms with Gasteiger partial charge in [-0.25, -0.2) is 9.37 Å². The van der Waals surface area contributed by atoms with Gasteiger partial charge in [0.1, 0.15) is 23.7 Å². The molecule has 130 valence electrons. The molecule has 1 N–H and O–H groups in total. The van der Waals surface area contributed by atoms with Gasteiger partial charge in [0.05, 0.1) is 30.7 Å². The summed E-state index contributed by atoms with van der Waals surface area (Å²) in [5, 5.41) is 0. The van der Waals surface area contributed by atoms with E-state index < -0.39 is 0 Å². The maximum absolute atomic E-state index is 13.4. The highest BCUT2D eigenvalue weighted by molar-refractivity contribution is 5.75. The number of aromatic amines is 1. The van der Waals surface area contributed by atoms with Gasteiger partial charge in [-0.2, -0.15) is 0 Å². The fourth-order valence-electron chi connectivity index (χ4n) is 3.35.